The molecule has 2 heterocycles. The molecular formula is C24H28N2O6. The molecule has 1 aliphatic rings. The van der Waals surface area contributed by atoms with Gasteiger partial charge in [0.1, 0.15) is 0 Å². The minimum Gasteiger partial charge on any atom is -0.465 e. The molecule has 0 spiro atoms. The van der Waals surface area contributed by atoms with Gasteiger partial charge in [-0.15, -0.1) is 0 Å². The largest absolute Gasteiger partial charge is 0.465 e. The normalized spacial score (nSPS) is 16.7. The van der Waals surface area contributed by atoms with Crippen LogP contribution in [0.15, 0.2) is 30.3 Å². The second kappa shape index (κ2) is 9.80. The molecule has 1 aromatic carbocycles. The fraction of sp³-hybridized carbons (Fsp3) is 0.417. The Kier molecular flexibility index (Phi) is 7.12. The van der Waals surface area contributed by atoms with E-state index in [1.54, 1.807) is 18.7 Å². The summed E-state index contributed by atoms with van der Waals surface area (Å²) in [6.45, 7) is 5.59. The predicted octanol–water partition coefficient (Wildman–Crippen LogP) is 2.62. The number of hydrogen-bond donors (Lipinski definition) is 1. The monoisotopic (exact) mass is 440 g/mol. The lowest BCUT2D eigenvalue weighted by Crippen LogP contribution is -2.31. The van der Waals surface area contributed by atoms with Crippen molar-refractivity contribution in [2.24, 2.45) is 5.92 Å². The summed E-state index contributed by atoms with van der Waals surface area (Å²) in [4.78, 5) is 54.3. The van der Waals surface area contributed by atoms with E-state index < -0.39 is 29.7 Å². The molecule has 1 N–H and O–H groups in total. The summed E-state index contributed by atoms with van der Waals surface area (Å²) in [5.74, 6) is -2.26. The number of hydrogen-bond acceptors (Lipinski definition) is 6. The zero-order valence-corrected chi connectivity index (χ0v) is 18.8. The molecule has 1 aromatic heterocycles. The third kappa shape index (κ3) is 4.90. The number of aryl methyl sites for hydroxylation is 1. The van der Waals surface area contributed by atoms with Crippen LogP contribution in [0.3, 0.4) is 0 Å². The molecule has 2 aromatic rings. The van der Waals surface area contributed by atoms with Gasteiger partial charge < -0.3 is 19.4 Å². The van der Waals surface area contributed by atoms with Crippen LogP contribution in [0, 0.1) is 19.8 Å². The average Bonchev–Trinajstić information content (AvgIpc) is 3.30. The van der Waals surface area contributed by atoms with Crippen LogP contribution in [0.5, 0.6) is 0 Å². The minimum absolute atomic E-state index is 0.0711. The maximum Gasteiger partial charge on any atom is 0.339 e. The number of likely N-dealkylation sites (tertiary alicyclic amines) is 1. The van der Waals surface area contributed by atoms with E-state index in [0.717, 1.165) is 5.56 Å². The molecular weight excluding hydrogens is 412 g/mol. The molecule has 1 amide bonds. The van der Waals surface area contributed by atoms with Gasteiger partial charge in [-0.05, 0) is 38.3 Å². The molecule has 1 saturated heterocycles. The van der Waals surface area contributed by atoms with Crippen molar-refractivity contribution in [2.45, 2.75) is 39.7 Å². The van der Waals surface area contributed by atoms with Crippen LogP contribution in [0.4, 0.5) is 0 Å². The van der Waals surface area contributed by atoms with Gasteiger partial charge in [-0.2, -0.15) is 0 Å². The Morgan fingerprint density at radius 2 is 1.88 bits per heavy atom. The number of nitrogens with zero attached hydrogens (tertiary/aromatic N) is 1. The van der Waals surface area contributed by atoms with Crippen LogP contribution < -0.4 is 0 Å². The van der Waals surface area contributed by atoms with Gasteiger partial charge >= 0.3 is 11.9 Å². The van der Waals surface area contributed by atoms with Crippen LogP contribution in [0.1, 0.15) is 51.0 Å². The molecule has 170 valence electrons. The van der Waals surface area contributed by atoms with Crippen molar-refractivity contribution in [3.8, 4) is 0 Å². The number of methoxy groups -OCH3 is 1. The second-order valence-corrected chi connectivity index (χ2v) is 8.04. The number of ketones is 1. The summed E-state index contributed by atoms with van der Waals surface area (Å²) < 4.78 is 10.2. The number of carbonyl (C=O) groups is 4. The molecule has 32 heavy (non-hydrogen) atoms. The van der Waals surface area contributed by atoms with E-state index in [4.69, 9.17) is 9.47 Å². The number of aromatic amines is 1. The molecule has 8 nitrogen and oxygen atoms in total. The lowest BCUT2D eigenvalue weighted by molar-refractivity contribution is -0.151. The lowest BCUT2D eigenvalue weighted by atomic mass is 10.1. The summed E-state index contributed by atoms with van der Waals surface area (Å²) in [5, 5.41) is 0. The number of ether oxygens (including phenoxy) is 2. The number of H-pyrrole nitrogens is 1. The molecule has 0 saturated carbocycles. The van der Waals surface area contributed by atoms with Crippen molar-refractivity contribution in [1.82, 2.24) is 9.88 Å². The number of nitrogens with one attached hydrogen (secondary N) is 1. The van der Waals surface area contributed by atoms with E-state index in [1.807, 2.05) is 30.3 Å². The summed E-state index contributed by atoms with van der Waals surface area (Å²) >= 11 is 0. The van der Waals surface area contributed by atoms with Crippen LogP contribution in [0.2, 0.25) is 0 Å². The van der Waals surface area contributed by atoms with E-state index in [-0.39, 0.29) is 24.6 Å². The number of benzene rings is 1. The highest BCUT2D eigenvalue weighted by atomic mass is 16.5. The molecule has 3 rings (SSSR count). The van der Waals surface area contributed by atoms with Crippen molar-refractivity contribution >= 4 is 23.6 Å². The first-order chi connectivity index (χ1) is 15.2. The fourth-order valence-corrected chi connectivity index (χ4v) is 3.99. The molecule has 2 atom stereocenters. The molecule has 0 radical (unpaired) electrons. The smallest absolute Gasteiger partial charge is 0.339 e. The first-order valence-electron chi connectivity index (χ1n) is 10.6. The summed E-state index contributed by atoms with van der Waals surface area (Å²) in [6, 6.07) is 9.82. The Hall–Kier alpha value is -3.42. The van der Waals surface area contributed by atoms with E-state index in [1.165, 1.54) is 14.0 Å². The molecule has 8 heteroatoms. The Bertz CT molecular complexity index is 1030. The lowest BCUT2D eigenvalue weighted by Gasteiger charge is -2.17. The van der Waals surface area contributed by atoms with Gasteiger partial charge in [-0.3, -0.25) is 14.4 Å². The van der Waals surface area contributed by atoms with E-state index >= 15 is 0 Å². The van der Waals surface area contributed by atoms with Gasteiger partial charge in [0.2, 0.25) is 11.7 Å². The third-order valence-electron chi connectivity index (χ3n) is 5.80. The van der Waals surface area contributed by atoms with Crippen molar-refractivity contribution in [3.05, 3.63) is 58.4 Å². The van der Waals surface area contributed by atoms with Crippen molar-refractivity contribution < 1.29 is 28.7 Å². The van der Waals surface area contributed by atoms with Gasteiger partial charge in [-0.1, -0.05) is 30.3 Å². The van der Waals surface area contributed by atoms with Crippen LogP contribution in [-0.4, -0.2) is 59.8 Å². The van der Waals surface area contributed by atoms with Gasteiger partial charge in [0, 0.05) is 25.2 Å². The highest BCUT2D eigenvalue weighted by Gasteiger charge is 2.37. The number of aromatic nitrogens is 1. The molecule has 1 aliphatic heterocycles. The fourth-order valence-electron chi connectivity index (χ4n) is 3.99. The first kappa shape index (κ1) is 23.2. The van der Waals surface area contributed by atoms with E-state index in [9.17, 15) is 19.2 Å². The Morgan fingerprint density at radius 3 is 2.53 bits per heavy atom. The first-order valence-corrected chi connectivity index (χ1v) is 10.6. The predicted molar refractivity (Wildman–Crippen MR) is 116 cm³/mol. The van der Waals surface area contributed by atoms with Crippen LogP contribution in [-0.2, 0) is 25.5 Å². The Balaban J connectivity index is 1.59. The Labute approximate surface area is 186 Å². The molecule has 1 fully saturated rings. The summed E-state index contributed by atoms with van der Waals surface area (Å²) in [6.07, 6.45) is -0.281. The SMILES string of the molecule is COC(=O)c1c(C)[nH]c(C(=O)[C@@H](C)OC(=O)[C@H]2CC(=O)N(CCc3ccccc3)C2)c1C. The van der Waals surface area contributed by atoms with E-state index in [0.29, 0.717) is 29.8 Å². The number of amides is 1. The zero-order valence-electron chi connectivity index (χ0n) is 18.8. The topological polar surface area (TPSA) is 106 Å². The molecule has 0 unspecified atom stereocenters. The highest BCUT2D eigenvalue weighted by molar-refractivity contribution is 6.04. The van der Waals surface area contributed by atoms with Gasteiger partial charge in [-0.25, -0.2) is 4.79 Å². The van der Waals surface area contributed by atoms with Gasteiger partial charge in [0.05, 0.1) is 24.3 Å². The van der Waals surface area contributed by atoms with Gasteiger partial charge in [0.25, 0.3) is 0 Å². The quantitative estimate of drug-likeness (QED) is 0.500. The van der Waals surface area contributed by atoms with Crippen molar-refractivity contribution in [2.75, 3.05) is 20.2 Å². The summed E-state index contributed by atoms with van der Waals surface area (Å²) in [5.41, 5.74) is 2.57. The zero-order chi connectivity index (χ0) is 23.4. The van der Waals surface area contributed by atoms with Crippen LogP contribution >= 0.6 is 0 Å². The maximum atomic E-state index is 12.8. The molecule has 0 aliphatic carbocycles. The number of rotatable bonds is 8. The van der Waals surface area contributed by atoms with Crippen molar-refractivity contribution in [3.63, 3.8) is 0 Å². The third-order valence-corrected chi connectivity index (χ3v) is 5.80. The Morgan fingerprint density at radius 1 is 1.19 bits per heavy atom. The number of Topliss-reactive ketones (excluding diaryl/α,β-unsaturated/α-hetero) is 1. The number of esters is 2. The summed E-state index contributed by atoms with van der Waals surface area (Å²) in [7, 11) is 1.27. The van der Waals surface area contributed by atoms with E-state index in [2.05, 4.69) is 4.98 Å². The number of carbonyl (C=O) groups excluding carboxylic acids is 4. The second-order valence-electron chi connectivity index (χ2n) is 8.04. The average molecular weight is 440 g/mol. The van der Waals surface area contributed by atoms with Gasteiger partial charge in [0.15, 0.2) is 6.10 Å². The van der Waals surface area contributed by atoms with Crippen LogP contribution in [0.25, 0.3) is 0 Å². The minimum atomic E-state index is -1.06. The highest BCUT2D eigenvalue weighted by Crippen LogP contribution is 2.23. The maximum absolute atomic E-state index is 12.8. The molecule has 0 bridgehead atoms. The standard InChI is InChI=1S/C24H28N2O6/c1-14-20(24(30)31-4)15(2)25-21(14)22(28)16(3)32-23(29)18-12-19(27)26(13-18)11-10-17-8-6-5-7-9-17/h5-9,16,18,25H,10-13H2,1-4H3/t16-,18+/m1/s1. The van der Waals surface area contributed by atoms with Crippen molar-refractivity contribution in [1.29, 1.82) is 0 Å².